The fraction of sp³-hybridized carbons (Fsp3) is 0.318. The first kappa shape index (κ1) is 17.1. The largest absolute Gasteiger partial charge is 0.379 e. The smallest absolute Gasteiger partial charge is 0.176 e. The first-order chi connectivity index (χ1) is 13.8. The van der Waals surface area contributed by atoms with Crippen molar-refractivity contribution in [3.8, 4) is 11.6 Å². The quantitative estimate of drug-likeness (QED) is 0.535. The number of aryl methyl sites for hydroxylation is 1. The second-order valence-electron chi connectivity index (χ2n) is 7.25. The van der Waals surface area contributed by atoms with Crippen LogP contribution in [0.1, 0.15) is 18.5 Å². The van der Waals surface area contributed by atoms with Crippen molar-refractivity contribution in [3.05, 3.63) is 66.9 Å². The average molecular weight is 373 g/mol. The molecule has 0 bridgehead atoms. The maximum absolute atomic E-state index is 5.92. The van der Waals surface area contributed by atoms with Gasteiger partial charge in [-0.05, 0) is 31.0 Å². The summed E-state index contributed by atoms with van der Waals surface area (Å²) in [7, 11) is 0. The van der Waals surface area contributed by atoms with Gasteiger partial charge in [0.2, 0.25) is 0 Å². The van der Waals surface area contributed by atoms with E-state index < -0.39 is 0 Å². The fourth-order valence-corrected chi connectivity index (χ4v) is 4.23. The van der Waals surface area contributed by atoms with Crippen LogP contribution in [0.4, 0.5) is 0 Å². The lowest BCUT2D eigenvalue weighted by atomic mass is 9.93. The van der Waals surface area contributed by atoms with E-state index in [4.69, 9.17) is 4.74 Å². The van der Waals surface area contributed by atoms with Gasteiger partial charge in [0.1, 0.15) is 0 Å². The van der Waals surface area contributed by atoms with Gasteiger partial charge in [-0.25, -0.2) is 9.97 Å². The van der Waals surface area contributed by atoms with Crippen LogP contribution in [0.15, 0.2) is 61.3 Å². The van der Waals surface area contributed by atoms with E-state index in [1.807, 2.05) is 30.9 Å². The Hall–Kier alpha value is -2.99. The van der Waals surface area contributed by atoms with Crippen molar-refractivity contribution in [3.63, 3.8) is 0 Å². The number of aromatic nitrogens is 5. The number of fused-ring (bicyclic) bond motifs is 1. The van der Waals surface area contributed by atoms with Crippen LogP contribution in [-0.4, -0.2) is 37.3 Å². The number of ether oxygens (including phenoxy) is 1. The van der Waals surface area contributed by atoms with Gasteiger partial charge in [-0.15, -0.1) is 0 Å². The van der Waals surface area contributed by atoms with Gasteiger partial charge in [0.05, 0.1) is 24.8 Å². The maximum Gasteiger partial charge on any atom is 0.176 e. The lowest BCUT2D eigenvalue weighted by Crippen LogP contribution is -2.21. The zero-order chi connectivity index (χ0) is 18.9. The molecular weight excluding hydrogens is 350 g/mol. The van der Waals surface area contributed by atoms with Crippen molar-refractivity contribution < 1.29 is 4.74 Å². The average Bonchev–Trinajstić information content (AvgIpc) is 3.47. The molecule has 4 aromatic rings. The van der Waals surface area contributed by atoms with Crippen LogP contribution in [0.2, 0.25) is 0 Å². The van der Waals surface area contributed by atoms with E-state index in [1.54, 1.807) is 0 Å². The van der Waals surface area contributed by atoms with Crippen molar-refractivity contribution >= 4 is 10.9 Å². The van der Waals surface area contributed by atoms with E-state index >= 15 is 0 Å². The number of nitrogens with zero attached hydrogens (tertiary/aromatic N) is 5. The van der Waals surface area contributed by atoms with Gasteiger partial charge < -0.3 is 13.9 Å². The Labute approximate surface area is 163 Å². The number of hydrogen-bond acceptors (Lipinski definition) is 4. The lowest BCUT2D eigenvalue weighted by molar-refractivity contribution is 0.181. The van der Waals surface area contributed by atoms with Crippen LogP contribution in [0, 0.1) is 5.92 Å². The summed E-state index contributed by atoms with van der Waals surface area (Å²) in [6.45, 7) is 4.44. The first-order valence-corrected chi connectivity index (χ1v) is 9.80. The Morgan fingerprint density at radius 1 is 0.964 bits per heavy atom. The second kappa shape index (κ2) is 7.20. The summed E-state index contributed by atoms with van der Waals surface area (Å²) in [6.07, 6.45) is 10.6. The Morgan fingerprint density at radius 3 is 2.75 bits per heavy atom. The number of pyridine rings is 1. The summed E-state index contributed by atoms with van der Waals surface area (Å²) >= 11 is 0. The molecule has 6 heteroatoms. The molecule has 2 atom stereocenters. The number of imidazole rings is 2. The highest BCUT2D eigenvalue weighted by Gasteiger charge is 2.32. The SMILES string of the molecule is CCn1ccnc1-c1nccn1[C@@H]1COC[C@H]1Cc1ccnc2ccccc12. The van der Waals surface area contributed by atoms with Crippen LogP contribution in [-0.2, 0) is 17.7 Å². The number of benzene rings is 1. The van der Waals surface area contributed by atoms with Crippen LogP contribution in [0.3, 0.4) is 0 Å². The standard InChI is InChI=1S/C22H23N5O/c1-2-26-11-9-24-21(26)22-25-10-12-27(22)20-15-28-14-17(20)13-16-7-8-23-19-6-4-3-5-18(16)19/h3-12,17,20H,2,13-15H2,1H3/t17-,20-/m1/s1. The normalized spacial score (nSPS) is 19.5. The fourth-order valence-electron chi connectivity index (χ4n) is 4.23. The Bertz CT molecular complexity index is 1090. The van der Waals surface area contributed by atoms with Crippen molar-refractivity contribution in [2.45, 2.75) is 25.9 Å². The highest BCUT2D eigenvalue weighted by molar-refractivity contribution is 5.81. The number of rotatable bonds is 5. The molecule has 3 aromatic heterocycles. The zero-order valence-electron chi connectivity index (χ0n) is 15.9. The van der Waals surface area contributed by atoms with Gasteiger partial charge in [-0.2, -0.15) is 0 Å². The topological polar surface area (TPSA) is 57.8 Å². The molecule has 1 fully saturated rings. The minimum atomic E-state index is 0.242. The minimum Gasteiger partial charge on any atom is -0.379 e. The highest BCUT2D eigenvalue weighted by atomic mass is 16.5. The highest BCUT2D eigenvalue weighted by Crippen LogP contribution is 2.33. The zero-order valence-corrected chi connectivity index (χ0v) is 15.9. The molecule has 0 radical (unpaired) electrons. The lowest BCUT2D eigenvalue weighted by Gasteiger charge is -2.21. The van der Waals surface area contributed by atoms with Crippen molar-refractivity contribution in [2.75, 3.05) is 13.2 Å². The third-order valence-corrected chi connectivity index (χ3v) is 5.67. The summed E-state index contributed by atoms with van der Waals surface area (Å²) in [6, 6.07) is 10.7. The van der Waals surface area contributed by atoms with E-state index in [9.17, 15) is 0 Å². The monoisotopic (exact) mass is 373 g/mol. The summed E-state index contributed by atoms with van der Waals surface area (Å²) in [5, 5.41) is 1.23. The molecule has 142 valence electrons. The summed E-state index contributed by atoms with van der Waals surface area (Å²) < 4.78 is 10.3. The van der Waals surface area contributed by atoms with E-state index in [0.717, 1.165) is 36.7 Å². The maximum atomic E-state index is 5.92. The summed E-state index contributed by atoms with van der Waals surface area (Å²) in [5.74, 6) is 2.20. The molecule has 1 saturated heterocycles. The molecule has 0 amide bonds. The molecule has 1 aromatic carbocycles. The number of hydrogen-bond donors (Lipinski definition) is 0. The molecule has 1 aliphatic rings. The van der Waals surface area contributed by atoms with Gasteiger partial charge in [-0.1, -0.05) is 18.2 Å². The van der Waals surface area contributed by atoms with Gasteiger partial charge in [0, 0.05) is 48.8 Å². The van der Waals surface area contributed by atoms with Crippen molar-refractivity contribution in [1.29, 1.82) is 0 Å². The molecule has 0 N–H and O–H groups in total. The van der Waals surface area contributed by atoms with Crippen LogP contribution in [0.5, 0.6) is 0 Å². The first-order valence-electron chi connectivity index (χ1n) is 9.80. The van der Waals surface area contributed by atoms with Gasteiger partial charge in [0.15, 0.2) is 11.6 Å². The van der Waals surface area contributed by atoms with Crippen molar-refractivity contribution in [2.24, 2.45) is 5.92 Å². The molecule has 0 unspecified atom stereocenters. The van der Waals surface area contributed by atoms with Crippen LogP contribution >= 0.6 is 0 Å². The van der Waals surface area contributed by atoms with E-state index in [1.165, 1.54) is 10.9 Å². The Balaban J connectivity index is 1.48. The second-order valence-corrected chi connectivity index (χ2v) is 7.25. The Kier molecular flexibility index (Phi) is 4.41. The molecule has 0 spiro atoms. The predicted octanol–water partition coefficient (Wildman–Crippen LogP) is 3.74. The summed E-state index contributed by atoms with van der Waals surface area (Å²) in [5.41, 5.74) is 2.37. The van der Waals surface area contributed by atoms with E-state index in [-0.39, 0.29) is 6.04 Å². The van der Waals surface area contributed by atoms with E-state index in [0.29, 0.717) is 12.5 Å². The van der Waals surface area contributed by atoms with Crippen LogP contribution in [0.25, 0.3) is 22.6 Å². The Morgan fingerprint density at radius 2 is 1.82 bits per heavy atom. The van der Waals surface area contributed by atoms with Gasteiger partial charge in [-0.3, -0.25) is 4.98 Å². The third kappa shape index (κ3) is 2.90. The minimum absolute atomic E-state index is 0.242. The van der Waals surface area contributed by atoms with E-state index in [2.05, 4.69) is 61.5 Å². The van der Waals surface area contributed by atoms with Gasteiger partial charge in [0.25, 0.3) is 0 Å². The molecule has 0 aliphatic carbocycles. The molecule has 4 heterocycles. The van der Waals surface area contributed by atoms with Crippen molar-refractivity contribution in [1.82, 2.24) is 24.1 Å². The molecule has 6 nitrogen and oxygen atoms in total. The molecule has 5 rings (SSSR count). The molecule has 1 aliphatic heterocycles. The molecule has 28 heavy (non-hydrogen) atoms. The number of para-hydroxylation sites is 1. The summed E-state index contributed by atoms with van der Waals surface area (Å²) in [4.78, 5) is 13.7. The molecule has 0 saturated carbocycles. The molecular formula is C22H23N5O. The van der Waals surface area contributed by atoms with Gasteiger partial charge >= 0.3 is 0 Å². The van der Waals surface area contributed by atoms with Crippen LogP contribution < -0.4 is 0 Å². The predicted molar refractivity (Wildman–Crippen MR) is 108 cm³/mol. The third-order valence-electron chi connectivity index (χ3n) is 5.67.